The van der Waals surface area contributed by atoms with Crippen molar-refractivity contribution in [3.05, 3.63) is 76.1 Å². The molecule has 0 saturated carbocycles. The molecule has 33 heavy (non-hydrogen) atoms. The Labute approximate surface area is 196 Å². The molecule has 2 aromatic heterocycles. The fourth-order valence-electron chi connectivity index (χ4n) is 4.03. The first kappa shape index (κ1) is 23.0. The van der Waals surface area contributed by atoms with Crippen LogP contribution in [-0.2, 0) is 11.2 Å². The van der Waals surface area contributed by atoms with Crippen molar-refractivity contribution in [3.8, 4) is 5.75 Å². The molecule has 2 atom stereocenters. The standard InChI is InChI=1S/C25H27FN2O4S/c1-3-17(2)28(25(30)22-9-6-13-31-22)15-24(29)27-12-10-23-18(11-14-33-23)20(27)16-32-21-8-5-4-7-19(21)26/h4-9,11,13-14,17,20H,3,10,12,15-16H2,1-2H3/t17-,20+/m0/s1. The van der Waals surface area contributed by atoms with E-state index < -0.39 is 5.82 Å². The number of rotatable bonds is 8. The number of benzene rings is 1. The minimum atomic E-state index is -0.441. The Hall–Kier alpha value is -3.13. The molecule has 1 aliphatic rings. The zero-order valence-corrected chi connectivity index (χ0v) is 19.5. The number of para-hydroxylation sites is 1. The van der Waals surface area contributed by atoms with E-state index in [9.17, 15) is 14.0 Å². The van der Waals surface area contributed by atoms with Gasteiger partial charge in [0.15, 0.2) is 17.3 Å². The van der Waals surface area contributed by atoms with Crippen LogP contribution in [0.2, 0.25) is 0 Å². The normalized spacial score (nSPS) is 16.2. The second kappa shape index (κ2) is 10.2. The molecule has 0 bridgehead atoms. The van der Waals surface area contributed by atoms with Gasteiger partial charge in [-0.15, -0.1) is 11.3 Å². The molecule has 2 amide bonds. The third-order valence-corrected chi connectivity index (χ3v) is 7.07. The van der Waals surface area contributed by atoms with Crippen LogP contribution in [0.25, 0.3) is 0 Å². The van der Waals surface area contributed by atoms with Crippen molar-refractivity contribution in [3.63, 3.8) is 0 Å². The zero-order chi connectivity index (χ0) is 23.4. The van der Waals surface area contributed by atoms with Crippen LogP contribution in [0.5, 0.6) is 5.75 Å². The van der Waals surface area contributed by atoms with Crippen LogP contribution in [-0.4, -0.2) is 47.4 Å². The summed E-state index contributed by atoms with van der Waals surface area (Å²) in [4.78, 5) is 31.0. The third-order valence-electron chi connectivity index (χ3n) is 6.07. The number of carbonyl (C=O) groups excluding carboxylic acids is 2. The van der Waals surface area contributed by atoms with Crippen LogP contribution >= 0.6 is 11.3 Å². The van der Waals surface area contributed by atoms with E-state index >= 15 is 0 Å². The van der Waals surface area contributed by atoms with Gasteiger partial charge in [-0.25, -0.2) is 4.39 Å². The summed E-state index contributed by atoms with van der Waals surface area (Å²) >= 11 is 1.65. The highest BCUT2D eigenvalue weighted by Gasteiger charge is 2.35. The number of ether oxygens (including phenoxy) is 1. The molecule has 3 aromatic rings. The Kier molecular flexibility index (Phi) is 7.13. The van der Waals surface area contributed by atoms with E-state index in [2.05, 4.69) is 0 Å². The van der Waals surface area contributed by atoms with Gasteiger partial charge in [-0.3, -0.25) is 9.59 Å². The summed E-state index contributed by atoms with van der Waals surface area (Å²) in [6.45, 7) is 4.47. The number of halogens is 1. The van der Waals surface area contributed by atoms with Gasteiger partial charge in [-0.05, 0) is 61.0 Å². The van der Waals surface area contributed by atoms with Gasteiger partial charge in [0.25, 0.3) is 5.91 Å². The first-order chi connectivity index (χ1) is 16.0. The van der Waals surface area contributed by atoms with Gasteiger partial charge in [-0.2, -0.15) is 0 Å². The van der Waals surface area contributed by atoms with Crippen molar-refractivity contribution in [2.45, 2.75) is 38.8 Å². The van der Waals surface area contributed by atoms with Crippen molar-refractivity contribution in [1.29, 1.82) is 0 Å². The van der Waals surface area contributed by atoms with Crippen molar-refractivity contribution < 1.29 is 23.1 Å². The van der Waals surface area contributed by atoms with Crippen LogP contribution in [0.4, 0.5) is 4.39 Å². The molecule has 6 nitrogen and oxygen atoms in total. The Morgan fingerprint density at radius 3 is 2.82 bits per heavy atom. The smallest absolute Gasteiger partial charge is 0.290 e. The largest absolute Gasteiger partial charge is 0.488 e. The molecule has 0 radical (unpaired) electrons. The summed E-state index contributed by atoms with van der Waals surface area (Å²) in [7, 11) is 0. The summed E-state index contributed by atoms with van der Waals surface area (Å²) in [6, 6.07) is 11.0. The maximum absolute atomic E-state index is 14.1. The van der Waals surface area contributed by atoms with Gasteiger partial charge in [0.05, 0.1) is 12.3 Å². The predicted octanol–water partition coefficient (Wildman–Crippen LogP) is 4.93. The average Bonchev–Trinajstić information content (AvgIpc) is 3.53. The number of hydrogen-bond donors (Lipinski definition) is 0. The lowest BCUT2D eigenvalue weighted by Crippen LogP contribution is -2.49. The molecule has 174 valence electrons. The fraction of sp³-hybridized carbons (Fsp3) is 0.360. The molecule has 1 aromatic carbocycles. The summed E-state index contributed by atoms with van der Waals surface area (Å²) < 4.78 is 25.2. The average molecular weight is 471 g/mol. The summed E-state index contributed by atoms with van der Waals surface area (Å²) in [6.07, 6.45) is 2.89. The summed E-state index contributed by atoms with van der Waals surface area (Å²) in [5, 5.41) is 2.00. The molecule has 1 aliphatic heterocycles. The van der Waals surface area contributed by atoms with E-state index in [0.717, 1.165) is 12.0 Å². The molecular formula is C25H27FN2O4S. The van der Waals surface area contributed by atoms with Crippen molar-refractivity contribution in [1.82, 2.24) is 9.80 Å². The van der Waals surface area contributed by atoms with Gasteiger partial charge >= 0.3 is 0 Å². The van der Waals surface area contributed by atoms with Gasteiger partial charge < -0.3 is 19.0 Å². The molecule has 3 heterocycles. The second-order valence-electron chi connectivity index (χ2n) is 8.06. The fourth-order valence-corrected chi connectivity index (χ4v) is 4.96. The number of amides is 2. The van der Waals surface area contributed by atoms with Gasteiger partial charge in [0.2, 0.25) is 5.91 Å². The highest BCUT2D eigenvalue weighted by molar-refractivity contribution is 7.10. The molecule has 0 N–H and O–H groups in total. The zero-order valence-electron chi connectivity index (χ0n) is 18.7. The van der Waals surface area contributed by atoms with E-state index in [-0.39, 0.29) is 48.6 Å². The van der Waals surface area contributed by atoms with Gasteiger partial charge in [0, 0.05) is 17.5 Å². The van der Waals surface area contributed by atoms with E-state index in [4.69, 9.17) is 9.15 Å². The number of hydrogen-bond acceptors (Lipinski definition) is 5. The van der Waals surface area contributed by atoms with Crippen molar-refractivity contribution >= 4 is 23.2 Å². The van der Waals surface area contributed by atoms with Gasteiger partial charge in [0.1, 0.15) is 13.2 Å². The third kappa shape index (κ3) is 4.95. The van der Waals surface area contributed by atoms with Crippen molar-refractivity contribution in [2.24, 2.45) is 0 Å². The molecule has 4 rings (SSSR count). The first-order valence-electron chi connectivity index (χ1n) is 11.1. The Balaban J connectivity index is 1.55. The summed E-state index contributed by atoms with van der Waals surface area (Å²) in [5.41, 5.74) is 1.02. The van der Waals surface area contributed by atoms with Crippen LogP contribution in [0.15, 0.2) is 58.5 Å². The molecular weight excluding hydrogens is 443 g/mol. The van der Waals surface area contributed by atoms with E-state index in [1.165, 1.54) is 17.2 Å². The number of furan rings is 1. The van der Waals surface area contributed by atoms with Crippen LogP contribution < -0.4 is 4.74 Å². The molecule has 0 saturated heterocycles. The number of carbonyl (C=O) groups is 2. The van der Waals surface area contributed by atoms with E-state index in [1.807, 2.05) is 25.3 Å². The van der Waals surface area contributed by atoms with Crippen LogP contribution in [0.3, 0.4) is 0 Å². The highest BCUT2D eigenvalue weighted by Crippen LogP contribution is 2.34. The van der Waals surface area contributed by atoms with E-state index in [1.54, 1.807) is 51.5 Å². The number of thiophene rings is 1. The minimum absolute atomic E-state index is 0.0653. The Bertz CT molecular complexity index is 1100. The first-order valence-corrected chi connectivity index (χ1v) is 11.9. The quantitative estimate of drug-likeness (QED) is 0.469. The highest BCUT2D eigenvalue weighted by atomic mass is 32.1. The lowest BCUT2D eigenvalue weighted by atomic mass is 10.00. The summed E-state index contributed by atoms with van der Waals surface area (Å²) in [5.74, 6) is -0.559. The Morgan fingerprint density at radius 2 is 2.09 bits per heavy atom. The van der Waals surface area contributed by atoms with Crippen molar-refractivity contribution in [2.75, 3.05) is 19.7 Å². The monoisotopic (exact) mass is 470 g/mol. The van der Waals surface area contributed by atoms with Crippen LogP contribution in [0.1, 0.15) is 47.3 Å². The number of nitrogens with zero attached hydrogens (tertiary/aromatic N) is 2. The molecule has 0 fully saturated rings. The number of fused-ring (bicyclic) bond motifs is 1. The lowest BCUT2D eigenvalue weighted by Gasteiger charge is -2.38. The molecule has 0 aliphatic carbocycles. The Morgan fingerprint density at radius 1 is 1.27 bits per heavy atom. The topological polar surface area (TPSA) is 63.0 Å². The maximum Gasteiger partial charge on any atom is 0.290 e. The minimum Gasteiger partial charge on any atom is -0.488 e. The van der Waals surface area contributed by atoms with Gasteiger partial charge in [-0.1, -0.05) is 19.1 Å². The molecule has 0 spiro atoms. The SMILES string of the molecule is CC[C@H](C)N(CC(=O)N1CCc2sccc2[C@H]1COc1ccccc1F)C(=O)c1ccco1. The van der Waals surface area contributed by atoms with E-state index in [0.29, 0.717) is 13.0 Å². The van der Waals surface area contributed by atoms with Crippen LogP contribution in [0, 0.1) is 5.82 Å². The molecule has 0 unspecified atom stereocenters. The maximum atomic E-state index is 14.1. The second-order valence-corrected chi connectivity index (χ2v) is 9.06. The molecule has 8 heteroatoms. The lowest BCUT2D eigenvalue weighted by molar-refractivity contribution is -0.136. The predicted molar refractivity (Wildman–Crippen MR) is 124 cm³/mol.